The van der Waals surface area contributed by atoms with Gasteiger partial charge in [0, 0.05) is 19.2 Å². The number of amides is 1. The minimum Gasteiger partial charge on any atom is -0.481 e. The Bertz CT molecular complexity index is 695. The maximum Gasteiger partial charge on any atom is 0.304 e. The Hall–Kier alpha value is -1.89. The third kappa shape index (κ3) is 2.92. The third-order valence-corrected chi connectivity index (χ3v) is 5.78. The number of hydrogen-bond acceptors (Lipinski definition) is 4. The lowest BCUT2D eigenvalue weighted by Crippen LogP contribution is -2.25. The first-order chi connectivity index (χ1) is 9.73. The van der Waals surface area contributed by atoms with Gasteiger partial charge in [-0.1, -0.05) is 0 Å². The highest BCUT2D eigenvalue weighted by atomic mass is 32.2. The normalized spacial score (nSPS) is 15.6. The van der Waals surface area contributed by atoms with E-state index in [4.69, 9.17) is 5.11 Å². The number of nitrogens with zero attached hydrogens (tertiary/aromatic N) is 1. The van der Waals surface area contributed by atoms with Crippen LogP contribution in [0.2, 0.25) is 0 Å². The second-order valence-corrected chi connectivity index (χ2v) is 7.53. The van der Waals surface area contributed by atoms with Gasteiger partial charge in [0.15, 0.2) is 9.84 Å². The van der Waals surface area contributed by atoms with Gasteiger partial charge in [-0.2, -0.15) is 0 Å². The Morgan fingerprint density at radius 1 is 1.38 bits per heavy atom. The number of aliphatic carboxylic acids is 1. The van der Waals surface area contributed by atoms with Gasteiger partial charge < -0.3 is 10.0 Å². The van der Waals surface area contributed by atoms with E-state index in [-0.39, 0.29) is 10.8 Å². The summed E-state index contributed by atoms with van der Waals surface area (Å²) in [5.74, 6) is -1.22. The largest absolute Gasteiger partial charge is 0.481 e. The van der Waals surface area contributed by atoms with E-state index in [1.54, 1.807) is 17.0 Å². The van der Waals surface area contributed by atoms with E-state index in [9.17, 15) is 18.0 Å². The van der Waals surface area contributed by atoms with Crippen molar-refractivity contribution in [1.29, 1.82) is 0 Å². The molecule has 114 valence electrons. The number of carbonyl (C=O) groups is 2. The summed E-state index contributed by atoms with van der Waals surface area (Å²) in [6, 6.07) is 4.60. The molecule has 1 atom stereocenters. The number of hydrogen-bond donors (Lipinski definition) is 1. The van der Waals surface area contributed by atoms with E-state index in [2.05, 4.69) is 0 Å². The molecule has 0 saturated carbocycles. The van der Waals surface area contributed by atoms with Crippen LogP contribution in [0.1, 0.15) is 25.8 Å². The Labute approximate surface area is 123 Å². The van der Waals surface area contributed by atoms with Crippen molar-refractivity contribution in [3.63, 3.8) is 0 Å². The van der Waals surface area contributed by atoms with Crippen LogP contribution in [0.3, 0.4) is 0 Å². The molecule has 1 unspecified atom stereocenters. The van der Waals surface area contributed by atoms with Gasteiger partial charge >= 0.3 is 5.97 Å². The Morgan fingerprint density at radius 3 is 2.62 bits per heavy atom. The minimum atomic E-state index is -3.68. The second-order valence-electron chi connectivity index (χ2n) is 5.16. The van der Waals surface area contributed by atoms with Crippen LogP contribution in [0.15, 0.2) is 23.1 Å². The van der Waals surface area contributed by atoms with E-state index >= 15 is 0 Å². The fraction of sp³-hybridized carbons (Fsp3) is 0.429. The van der Waals surface area contributed by atoms with Gasteiger partial charge in [0.2, 0.25) is 5.91 Å². The van der Waals surface area contributed by atoms with Gasteiger partial charge in [0.25, 0.3) is 0 Å². The molecule has 1 N–H and O–H groups in total. The molecule has 1 amide bonds. The van der Waals surface area contributed by atoms with Crippen LogP contribution in [0, 0.1) is 0 Å². The standard InChI is InChI=1S/C14H17NO5S/c1-9(7-14(17)18)21(19,20)12-3-4-13-11(8-12)5-6-15(13)10(2)16/h3-4,8-9H,5-7H2,1-2H3,(H,17,18). The monoisotopic (exact) mass is 311 g/mol. The summed E-state index contributed by atoms with van der Waals surface area (Å²) in [7, 11) is -3.68. The molecule has 0 radical (unpaired) electrons. The van der Waals surface area contributed by atoms with Crippen LogP contribution in [-0.4, -0.2) is 37.2 Å². The number of anilines is 1. The van der Waals surface area contributed by atoms with Crippen molar-refractivity contribution in [3.05, 3.63) is 23.8 Å². The van der Waals surface area contributed by atoms with Crippen LogP contribution in [-0.2, 0) is 25.8 Å². The Balaban J connectivity index is 2.35. The number of sulfone groups is 1. The zero-order valence-electron chi connectivity index (χ0n) is 11.9. The first-order valence-corrected chi connectivity index (χ1v) is 8.15. The van der Waals surface area contributed by atoms with E-state index < -0.39 is 27.5 Å². The highest BCUT2D eigenvalue weighted by Gasteiger charge is 2.28. The predicted molar refractivity (Wildman–Crippen MR) is 77.1 cm³/mol. The molecular formula is C14H17NO5S. The van der Waals surface area contributed by atoms with Gasteiger partial charge in [-0.25, -0.2) is 8.42 Å². The summed E-state index contributed by atoms with van der Waals surface area (Å²) >= 11 is 0. The zero-order chi connectivity index (χ0) is 15.8. The van der Waals surface area contributed by atoms with Gasteiger partial charge in [0.05, 0.1) is 16.6 Å². The lowest BCUT2D eigenvalue weighted by molar-refractivity contribution is -0.137. The van der Waals surface area contributed by atoms with Crippen molar-refractivity contribution < 1.29 is 23.1 Å². The third-order valence-electron chi connectivity index (χ3n) is 3.65. The van der Waals surface area contributed by atoms with Gasteiger partial charge in [-0.05, 0) is 37.1 Å². The number of benzene rings is 1. The number of rotatable bonds is 4. The highest BCUT2D eigenvalue weighted by molar-refractivity contribution is 7.92. The SMILES string of the molecule is CC(=O)N1CCc2cc(S(=O)(=O)C(C)CC(=O)O)ccc21. The molecule has 2 rings (SSSR count). The quantitative estimate of drug-likeness (QED) is 0.903. The lowest BCUT2D eigenvalue weighted by atomic mass is 10.2. The van der Waals surface area contributed by atoms with Crippen LogP contribution in [0.25, 0.3) is 0 Å². The van der Waals surface area contributed by atoms with Crippen molar-refractivity contribution in [1.82, 2.24) is 0 Å². The Kier molecular flexibility index (Phi) is 4.04. The summed E-state index contributed by atoms with van der Waals surface area (Å²) in [5.41, 5.74) is 1.53. The predicted octanol–water partition coefficient (Wildman–Crippen LogP) is 1.23. The molecule has 6 nitrogen and oxygen atoms in total. The van der Waals surface area contributed by atoms with Gasteiger partial charge in [-0.15, -0.1) is 0 Å². The van der Waals surface area contributed by atoms with Crippen LogP contribution < -0.4 is 4.90 Å². The molecule has 1 aliphatic heterocycles. The zero-order valence-corrected chi connectivity index (χ0v) is 12.7. The lowest BCUT2D eigenvalue weighted by Gasteiger charge is -2.16. The number of carboxylic acids is 1. The maximum atomic E-state index is 12.3. The van der Waals surface area contributed by atoms with Crippen molar-refractivity contribution >= 4 is 27.4 Å². The highest BCUT2D eigenvalue weighted by Crippen LogP contribution is 2.31. The Morgan fingerprint density at radius 2 is 2.05 bits per heavy atom. The number of carboxylic acid groups (broad SMARTS) is 1. The molecule has 0 fully saturated rings. The number of fused-ring (bicyclic) bond motifs is 1. The van der Waals surface area contributed by atoms with Gasteiger partial charge in [0.1, 0.15) is 0 Å². The van der Waals surface area contributed by atoms with Gasteiger partial charge in [-0.3, -0.25) is 9.59 Å². The van der Waals surface area contributed by atoms with Crippen molar-refractivity contribution in [2.24, 2.45) is 0 Å². The molecule has 1 heterocycles. The van der Waals surface area contributed by atoms with Crippen LogP contribution in [0.5, 0.6) is 0 Å². The topological polar surface area (TPSA) is 91.8 Å². The van der Waals surface area contributed by atoms with Crippen molar-refractivity contribution in [2.75, 3.05) is 11.4 Å². The van der Waals surface area contributed by atoms with Crippen molar-refractivity contribution in [2.45, 2.75) is 36.8 Å². The molecule has 0 bridgehead atoms. The van der Waals surface area contributed by atoms with E-state index in [1.165, 1.54) is 19.9 Å². The van der Waals surface area contributed by atoms with E-state index in [0.29, 0.717) is 13.0 Å². The molecule has 0 aromatic heterocycles. The summed E-state index contributed by atoms with van der Waals surface area (Å²) in [6.45, 7) is 3.39. The minimum absolute atomic E-state index is 0.0800. The molecule has 0 saturated heterocycles. The van der Waals surface area contributed by atoms with Crippen molar-refractivity contribution in [3.8, 4) is 0 Å². The molecule has 0 spiro atoms. The smallest absolute Gasteiger partial charge is 0.304 e. The molecule has 21 heavy (non-hydrogen) atoms. The number of carbonyl (C=O) groups excluding carboxylic acids is 1. The fourth-order valence-electron chi connectivity index (χ4n) is 2.47. The molecule has 1 aliphatic rings. The summed E-state index contributed by atoms with van der Waals surface area (Å²) in [5, 5.41) is 7.75. The second kappa shape index (κ2) is 5.48. The first-order valence-electron chi connectivity index (χ1n) is 6.60. The van der Waals surface area contributed by atoms with Crippen LogP contribution in [0.4, 0.5) is 5.69 Å². The summed E-state index contributed by atoms with van der Waals surface area (Å²) in [6.07, 6.45) is 0.171. The molecule has 1 aromatic rings. The first kappa shape index (κ1) is 15.5. The van der Waals surface area contributed by atoms with E-state index in [1.807, 2.05) is 0 Å². The molecule has 0 aliphatic carbocycles. The maximum absolute atomic E-state index is 12.3. The van der Waals surface area contributed by atoms with Crippen LogP contribution >= 0.6 is 0 Å². The average molecular weight is 311 g/mol. The average Bonchev–Trinajstić information content (AvgIpc) is 2.80. The molecule has 7 heteroatoms. The molecular weight excluding hydrogens is 294 g/mol. The summed E-state index contributed by atoms with van der Waals surface area (Å²) in [4.78, 5) is 23.9. The molecule has 1 aromatic carbocycles. The van der Waals surface area contributed by atoms with E-state index in [0.717, 1.165) is 11.3 Å². The summed E-state index contributed by atoms with van der Waals surface area (Å²) < 4.78 is 24.7. The fourth-order valence-corrected chi connectivity index (χ4v) is 3.86.